The molecule has 0 atom stereocenters. The molecule has 0 saturated carbocycles. The number of hydrogen-bond donors (Lipinski definition) is 3. The van der Waals surface area contributed by atoms with E-state index in [9.17, 15) is 22.8 Å². The van der Waals surface area contributed by atoms with E-state index in [2.05, 4.69) is 10.3 Å². The minimum absolute atomic E-state index is 0.0145. The predicted molar refractivity (Wildman–Crippen MR) is 137 cm³/mol. The van der Waals surface area contributed by atoms with E-state index < -0.39 is 24.1 Å². The molecule has 0 unspecified atom stereocenters. The first-order chi connectivity index (χ1) is 17.4. The van der Waals surface area contributed by atoms with E-state index in [4.69, 9.17) is 10.8 Å². The molecule has 0 fully saturated rings. The summed E-state index contributed by atoms with van der Waals surface area (Å²) in [6.45, 7) is 3.31. The fourth-order valence-electron chi connectivity index (χ4n) is 3.63. The molecule has 3 aromatic rings. The van der Waals surface area contributed by atoms with Gasteiger partial charge in [-0.05, 0) is 38.0 Å². The highest BCUT2D eigenvalue weighted by Gasteiger charge is 2.26. The summed E-state index contributed by atoms with van der Waals surface area (Å²) < 4.78 is 39.7. The average molecular weight is 512 g/mol. The first kappa shape index (κ1) is 27.5. The van der Waals surface area contributed by atoms with Crippen LogP contribution in [0.5, 0.6) is 0 Å². The summed E-state index contributed by atoms with van der Waals surface area (Å²) in [7, 11) is 0. The van der Waals surface area contributed by atoms with Gasteiger partial charge in [-0.25, -0.2) is 4.98 Å². The van der Waals surface area contributed by atoms with E-state index in [1.54, 1.807) is 24.3 Å². The lowest BCUT2D eigenvalue weighted by Crippen LogP contribution is -2.31. The molecule has 3 rings (SSSR count). The molecule has 0 aliphatic heterocycles. The van der Waals surface area contributed by atoms with Gasteiger partial charge in [0.2, 0.25) is 0 Å². The van der Waals surface area contributed by atoms with Crippen molar-refractivity contribution >= 4 is 17.3 Å². The number of hydrogen-bond acceptors (Lipinski definition) is 5. The number of nitrogens with one attached hydrogen (secondary N) is 3. The van der Waals surface area contributed by atoms with Crippen molar-refractivity contribution < 1.29 is 18.0 Å². The number of amides is 1. The molecule has 1 heterocycles. The molecule has 0 saturated heterocycles. The Bertz CT molecular complexity index is 1360. The SMILES string of the molecule is CC(=N)C(=N)CNC(=O)c1cccc(Cn2c(CCCC(F)(F)F)nc(-c3ccc(C)cc3)cc2=O)c1. The van der Waals surface area contributed by atoms with E-state index in [-0.39, 0.29) is 43.2 Å². The molecular formula is C27H28F3N5O2. The van der Waals surface area contributed by atoms with Crippen molar-refractivity contribution in [2.24, 2.45) is 0 Å². The zero-order valence-electron chi connectivity index (χ0n) is 20.6. The number of carbonyl (C=O) groups is 1. The molecule has 7 nitrogen and oxygen atoms in total. The molecule has 0 bridgehead atoms. The van der Waals surface area contributed by atoms with Crippen molar-refractivity contribution in [3.05, 3.63) is 87.5 Å². The Morgan fingerprint density at radius 2 is 1.78 bits per heavy atom. The summed E-state index contributed by atoms with van der Waals surface area (Å²) in [6, 6.07) is 15.2. The maximum Gasteiger partial charge on any atom is 0.389 e. The second kappa shape index (κ2) is 11.8. The van der Waals surface area contributed by atoms with Crippen molar-refractivity contribution in [1.82, 2.24) is 14.9 Å². The normalized spacial score (nSPS) is 11.3. The lowest BCUT2D eigenvalue weighted by molar-refractivity contribution is -0.135. The molecular weight excluding hydrogens is 483 g/mol. The number of carbonyl (C=O) groups excluding carboxylic acids is 1. The van der Waals surface area contributed by atoms with Crippen LogP contribution in [0, 0.1) is 17.7 Å². The maximum absolute atomic E-state index is 13.1. The minimum Gasteiger partial charge on any atom is -0.346 e. The van der Waals surface area contributed by atoms with Crippen LogP contribution in [0.25, 0.3) is 11.3 Å². The van der Waals surface area contributed by atoms with Crippen molar-refractivity contribution in [3.63, 3.8) is 0 Å². The van der Waals surface area contributed by atoms with Crippen molar-refractivity contribution in [2.75, 3.05) is 6.54 Å². The summed E-state index contributed by atoms with van der Waals surface area (Å²) in [4.78, 5) is 30.2. The fraction of sp³-hybridized carbons (Fsp3) is 0.296. The molecule has 10 heteroatoms. The zero-order chi connectivity index (χ0) is 27.2. The quantitative estimate of drug-likeness (QED) is 0.335. The second-order valence-electron chi connectivity index (χ2n) is 8.80. The lowest BCUT2D eigenvalue weighted by Gasteiger charge is -2.15. The standard InChI is InChI=1S/C27H28F3N5O2/c1-17-8-10-20(11-9-17)23-14-25(36)35(24(34-23)7-4-12-27(28,29)30)16-19-5-3-6-21(13-19)26(37)33-15-22(32)18(2)31/h3,5-6,8-11,13-14,31-32H,4,7,12,15-16H2,1-2H3,(H,33,37). The summed E-state index contributed by atoms with van der Waals surface area (Å²) in [5, 5.41) is 17.7. The summed E-state index contributed by atoms with van der Waals surface area (Å²) in [5.41, 5.74) is 2.62. The number of aromatic nitrogens is 2. The average Bonchev–Trinajstić information content (AvgIpc) is 2.84. The summed E-state index contributed by atoms with van der Waals surface area (Å²) in [6.07, 6.45) is -5.56. The van der Waals surface area contributed by atoms with Gasteiger partial charge in [0, 0.05) is 30.0 Å². The van der Waals surface area contributed by atoms with E-state index in [0.29, 0.717) is 22.4 Å². The molecule has 0 aliphatic carbocycles. The number of nitrogens with zero attached hydrogens (tertiary/aromatic N) is 2. The smallest absolute Gasteiger partial charge is 0.346 e. The van der Waals surface area contributed by atoms with Gasteiger partial charge in [0.1, 0.15) is 5.82 Å². The fourth-order valence-corrected chi connectivity index (χ4v) is 3.63. The summed E-state index contributed by atoms with van der Waals surface area (Å²) in [5.74, 6) is -0.212. The van der Waals surface area contributed by atoms with Crippen LogP contribution >= 0.6 is 0 Å². The number of benzene rings is 2. The Balaban J connectivity index is 1.90. The van der Waals surface area contributed by atoms with Gasteiger partial charge in [-0.2, -0.15) is 13.2 Å². The number of halogens is 3. The van der Waals surface area contributed by atoms with Crippen LogP contribution in [-0.2, 0) is 13.0 Å². The molecule has 1 aromatic heterocycles. The Morgan fingerprint density at radius 1 is 1.08 bits per heavy atom. The first-order valence-corrected chi connectivity index (χ1v) is 11.7. The molecule has 194 valence electrons. The molecule has 1 amide bonds. The first-order valence-electron chi connectivity index (χ1n) is 11.7. The van der Waals surface area contributed by atoms with Gasteiger partial charge in [0.15, 0.2) is 0 Å². The van der Waals surface area contributed by atoms with Crippen LogP contribution < -0.4 is 10.9 Å². The molecule has 0 radical (unpaired) electrons. The number of aryl methyl sites for hydroxylation is 2. The van der Waals surface area contributed by atoms with Gasteiger partial charge in [-0.1, -0.05) is 42.0 Å². The Labute approximate surface area is 212 Å². The highest BCUT2D eigenvalue weighted by Crippen LogP contribution is 2.23. The van der Waals surface area contributed by atoms with Crippen LogP contribution in [0.2, 0.25) is 0 Å². The highest BCUT2D eigenvalue weighted by molar-refractivity contribution is 6.40. The molecule has 0 aliphatic rings. The topological polar surface area (TPSA) is 112 Å². The Morgan fingerprint density at radius 3 is 2.43 bits per heavy atom. The highest BCUT2D eigenvalue weighted by atomic mass is 19.4. The maximum atomic E-state index is 13.1. The largest absolute Gasteiger partial charge is 0.389 e. The van der Waals surface area contributed by atoms with E-state index >= 15 is 0 Å². The van der Waals surface area contributed by atoms with E-state index in [1.807, 2.05) is 31.2 Å². The Kier molecular flexibility index (Phi) is 8.75. The predicted octanol–water partition coefficient (Wildman–Crippen LogP) is 4.94. The van der Waals surface area contributed by atoms with Gasteiger partial charge in [0.05, 0.1) is 30.2 Å². The van der Waals surface area contributed by atoms with Gasteiger partial charge in [-0.3, -0.25) is 14.2 Å². The summed E-state index contributed by atoms with van der Waals surface area (Å²) >= 11 is 0. The van der Waals surface area contributed by atoms with Gasteiger partial charge >= 0.3 is 6.18 Å². The van der Waals surface area contributed by atoms with E-state index in [1.165, 1.54) is 17.6 Å². The molecule has 3 N–H and O–H groups in total. The molecule has 2 aromatic carbocycles. The third-order valence-corrected chi connectivity index (χ3v) is 5.70. The number of rotatable bonds is 10. The van der Waals surface area contributed by atoms with Crippen LogP contribution in [0.1, 0.15) is 47.1 Å². The van der Waals surface area contributed by atoms with Crippen molar-refractivity contribution in [3.8, 4) is 11.3 Å². The lowest BCUT2D eigenvalue weighted by atomic mass is 10.1. The van der Waals surface area contributed by atoms with Gasteiger partial charge in [-0.15, -0.1) is 0 Å². The monoisotopic (exact) mass is 511 g/mol. The second-order valence-corrected chi connectivity index (χ2v) is 8.80. The van der Waals surface area contributed by atoms with Gasteiger partial charge in [0.25, 0.3) is 11.5 Å². The minimum atomic E-state index is -4.31. The third kappa shape index (κ3) is 7.96. The number of alkyl halides is 3. The Hall–Kier alpha value is -4.08. The zero-order valence-corrected chi connectivity index (χ0v) is 20.6. The van der Waals surface area contributed by atoms with Crippen LogP contribution in [-0.4, -0.2) is 39.6 Å². The molecule has 0 spiro atoms. The van der Waals surface area contributed by atoms with Crippen LogP contribution in [0.15, 0.2) is 59.4 Å². The van der Waals surface area contributed by atoms with Crippen molar-refractivity contribution in [2.45, 2.75) is 45.8 Å². The van der Waals surface area contributed by atoms with Gasteiger partial charge < -0.3 is 16.1 Å². The van der Waals surface area contributed by atoms with E-state index in [0.717, 1.165) is 5.56 Å². The van der Waals surface area contributed by atoms with Crippen molar-refractivity contribution in [1.29, 1.82) is 10.8 Å². The molecule has 37 heavy (non-hydrogen) atoms. The van der Waals surface area contributed by atoms with Crippen LogP contribution in [0.4, 0.5) is 13.2 Å². The van der Waals surface area contributed by atoms with Crippen LogP contribution in [0.3, 0.4) is 0 Å². The third-order valence-electron chi connectivity index (χ3n) is 5.70.